The Hall–Kier alpha value is -2.92. The van der Waals surface area contributed by atoms with Crippen molar-refractivity contribution in [3.05, 3.63) is 61.8 Å². The fraction of sp³-hybridized carbons (Fsp3) is 0.476. The third-order valence-electron chi connectivity index (χ3n) is 5.98. The van der Waals surface area contributed by atoms with Gasteiger partial charge in [-0.05, 0) is 24.6 Å². The summed E-state index contributed by atoms with van der Waals surface area (Å²) in [6, 6.07) is 4.48. The highest BCUT2D eigenvalue weighted by Crippen LogP contribution is 2.29. The topological polar surface area (TPSA) is 93.6 Å². The zero-order valence-electron chi connectivity index (χ0n) is 18.1. The number of alkyl halides is 3. The predicted octanol–water partition coefficient (Wildman–Crippen LogP) is 1.07. The summed E-state index contributed by atoms with van der Waals surface area (Å²) in [5, 5.41) is 0. The van der Waals surface area contributed by atoms with E-state index in [9.17, 15) is 27.6 Å². The van der Waals surface area contributed by atoms with E-state index in [-0.39, 0.29) is 11.4 Å². The quantitative estimate of drug-likeness (QED) is 0.681. The van der Waals surface area contributed by atoms with Gasteiger partial charge in [0.25, 0.3) is 5.56 Å². The van der Waals surface area contributed by atoms with Gasteiger partial charge in [0.15, 0.2) is 5.78 Å². The van der Waals surface area contributed by atoms with Gasteiger partial charge in [0.1, 0.15) is 11.4 Å². The zero-order valence-corrected chi connectivity index (χ0v) is 18.1. The first kappa shape index (κ1) is 23.7. The Morgan fingerprint density at radius 1 is 1.03 bits per heavy atom. The van der Waals surface area contributed by atoms with E-state index >= 15 is 0 Å². The second-order valence-electron chi connectivity index (χ2n) is 8.01. The molecule has 1 aliphatic rings. The number of piperazine rings is 1. The van der Waals surface area contributed by atoms with Gasteiger partial charge in [-0.15, -0.1) is 0 Å². The van der Waals surface area contributed by atoms with E-state index in [2.05, 4.69) is 4.90 Å². The first-order valence-electron chi connectivity index (χ1n) is 10.1. The molecule has 1 fully saturated rings. The normalized spacial score (nSPS) is 16.8. The molecular weight excluding hydrogens is 427 g/mol. The molecule has 1 saturated heterocycles. The second kappa shape index (κ2) is 8.91. The van der Waals surface area contributed by atoms with E-state index in [4.69, 9.17) is 5.73 Å². The van der Waals surface area contributed by atoms with Crippen molar-refractivity contribution < 1.29 is 18.0 Å². The van der Waals surface area contributed by atoms with Crippen molar-refractivity contribution in [2.75, 3.05) is 31.9 Å². The largest absolute Gasteiger partial charge is 0.416 e. The number of nitrogens with zero attached hydrogens (tertiary/aromatic N) is 4. The van der Waals surface area contributed by atoms with Crippen molar-refractivity contribution in [1.29, 1.82) is 0 Å². The molecule has 0 amide bonds. The molecule has 2 N–H and O–H groups in total. The first-order chi connectivity index (χ1) is 14.9. The number of Topliss-reactive ketones (excluding diaryl/α,β-unsaturated/α-hetero) is 1. The van der Waals surface area contributed by atoms with Crippen LogP contribution in [0.15, 0.2) is 33.9 Å². The van der Waals surface area contributed by atoms with Crippen molar-refractivity contribution in [1.82, 2.24) is 18.9 Å². The molecule has 1 atom stereocenters. The summed E-state index contributed by atoms with van der Waals surface area (Å²) >= 11 is 0. The van der Waals surface area contributed by atoms with Crippen molar-refractivity contribution in [2.24, 2.45) is 14.1 Å². The zero-order chi connectivity index (χ0) is 23.8. The number of carbonyl (C=O) groups excluding carboxylic acids is 1. The number of benzene rings is 1. The molecule has 0 saturated carbocycles. The molecule has 1 aromatic carbocycles. The lowest BCUT2D eigenvalue weighted by Crippen LogP contribution is -2.52. The molecule has 2 heterocycles. The van der Waals surface area contributed by atoms with Crippen LogP contribution < -0.4 is 17.0 Å². The van der Waals surface area contributed by atoms with Gasteiger partial charge in [0.05, 0.1) is 11.6 Å². The summed E-state index contributed by atoms with van der Waals surface area (Å²) in [6.45, 7) is 4.50. The predicted molar refractivity (Wildman–Crippen MR) is 113 cm³/mol. The highest BCUT2D eigenvalue weighted by molar-refractivity contribution is 6.03. The van der Waals surface area contributed by atoms with Crippen LogP contribution >= 0.6 is 0 Å². The van der Waals surface area contributed by atoms with Gasteiger partial charge in [0, 0.05) is 46.8 Å². The van der Waals surface area contributed by atoms with Gasteiger partial charge >= 0.3 is 11.9 Å². The van der Waals surface area contributed by atoms with Crippen LogP contribution in [0.3, 0.4) is 0 Å². The molecule has 2 aromatic rings. The number of aromatic nitrogens is 2. The maximum Gasteiger partial charge on any atom is 0.416 e. The van der Waals surface area contributed by atoms with E-state index in [1.807, 2.05) is 4.90 Å². The van der Waals surface area contributed by atoms with Crippen molar-refractivity contribution >= 4 is 11.6 Å². The van der Waals surface area contributed by atoms with E-state index in [1.165, 1.54) is 26.2 Å². The smallest absolute Gasteiger partial charge is 0.384 e. The number of ketones is 1. The van der Waals surface area contributed by atoms with Crippen LogP contribution in [0.25, 0.3) is 0 Å². The van der Waals surface area contributed by atoms with E-state index in [0.717, 1.165) is 26.8 Å². The molecule has 32 heavy (non-hydrogen) atoms. The molecule has 0 radical (unpaired) electrons. The van der Waals surface area contributed by atoms with Crippen LogP contribution in [0, 0.1) is 0 Å². The van der Waals surface area contributed by atoms with Crippen molar-refractivity contribution in [3.8, 4) is 0 Å². The number of anilines is 1. The molecule has 1 unspecified atom stereocenters. The molecule has 1 aliphatic heterocycles. The number of carbonyl (C=O) groups is 1. The standard InChI is InChI=1S/C21H26F3N5O3/c1-13(17(30)16-18(25)26(2)20(32)27(3)19(16)31)29-10-8-28(9-11-29)12-14-4-6-15(7-5-14)21(22,23)24/h4-7,13H,8-12,25H2,1-3H3. The molecule has 1 aromatic heterocycles. The van der Waals surface area contributed by atoms with Gasteiger partial charge < -0.3 is 5.73 Å². The summed E-state index contributed by atoms with van der Waals surface area (Å²) in [6.07, 6.45) is -4.36. The number of nitrogen functional groups attached to an aromatic ring is 1. The minimum atomic E-state index is -4.36. The van der Waals surface area contributed by atoms with Crippen LogP contribution in [0.1, 0.15) is 28.4 Å². The Kier molecular flexibility index (Phi) is 6.61. The third-order valence-corrected chi connectivity index (χ3v) is 5.98. The highest BCUT2D eigenvalue weighted by atomic mass is 19.4. The fourth-order valence-corrected chi connectivity index (χ4v) is 3.83. The van der Waals surface area contributed by atoms with Gasteiger partial charge in [-0.3, -0.25) is 28.5 Å². The summed E-state index contributed by atoms with van der Waals surface area (Å²) in [5.74, 6) is -0.606. The van der Waals surface area contributed by atoms with Crippen LogP contribution in [0.5, 0.6) is 0 Å². The second-order valence-corrected chi connectivity index (χ2v) is 8.01. The molecule has 0 bridgehead atoms. The average molecular weight is 453 g/mol. The number of nitrogens with two attached hydrogens (primary N) is 1. The lowest BCUT2D eigenvalue weighted by Gasteiger charge is -2.37. The van der Waals surface area contributed by atoms with E-state index in [0.29, 0.717) is 32.7 Å². The third kappa shape index (κ3) is 4.63. The maximum absolute atomic E-state index is 13.0. The highest BCUT2D eigenvalue weighted by Gasteiger charge is 2.31. The number of hydrogen-bond acceptors (Lipinski definition) is 6. The Labute approximate surface area is 182 Å². The van der Waals surface area contributed by atoms with Crippen LogP contribution in [-0.4, -0.2) is 56.9 Å². The summed E-state index contributed by atoms with van der Waals surface area (Å²) in [4.78, 5) is 41.5. The Morgan fingerprint density at radius 3 is 2.12 bits per heavy atom. The Bertz CT molecular complexity index is 1110. The lowest BCUT2D eigenvalue weighted by molar-refractivity contribution is -0.137. The molecule has 8 nitrogen and oxygen atoms in total. The maximum atomic E-state index is 13.0. The monoisotopic (exact) mass is 453 g/mol. The van der Waals surface area contributed by atoms with Crippen molar-refractivity contribution in [3.63, 3.8) is 0 Å². The minimum absolute atomic E-state index is 0.157. The molecular formula is C21H26F3N5O3. The van der Waals surface area contributed by atoms with E-state index in [1.54, 1.807) is 6.92 Å². The van der Waals surface area contributed by atoms with E-state index < -0.39 is 34.8 Å². The van der Waals surface area contributed by atoms with Crippen LogP contribution in [-0.2, 0) is 26.8 Å². The molecule has 174 valence electrons. The fourth-order valence-electron chi connectivity index (χ4n) is 3.83. The van der Waals surface area contributed by atoms with Gasteiger partial charge in [-0.2, -0.15) is 13.2 Å². The number of hydrogen-bond donors (Lipinski definition) is 1. The number of halogens is 3. The van der Waals surface area contributed by atoms with Crippen LogP contribution in [0.2, 0.25) is 0 Å². The Balaban J connectivity index is 1.65. The molecule has 0 aliphatic carbocycles. The van der Waals surface area contributed by atoms with Crippen LogP contribution in [0.4, 0.5) is 19.0 Å². The van der Waals surface area contributed by atoms with Gasteiger partial charge in [-0.1, -0.05) is 12.1 Å². The minimum Gasteiger partial charge on any atom is -0.384 e. The summed E-state index contributed by atoms with van der Waals surface area (Å²) < 4.78 is 40.1. The summed E-state index contributed by atoms with van der Waals surface area (Å²) in [7, 11) is 2.70. The average Bonchev–Trinajstić information content (AvgIpc) is 2.76. The molecule has 3 rings (SSSR count). The first-order valence-corrected chi connectivity index (χ1v) is 10.1. The lowest BCUT2D eigenvalue weighted by atomic mass is 10.0. The summed E-state index contributed by atoms with van der Waals surface area (Å²) in [5.41, 5.74) is 4.47. The van der Waals surface area contributed by atoms with Gasteiger partial charge in [0.2, 0.25) is 0 Å². The number of rotatable bonds is 5. The Morgan fingerprint density at radius 2 is 1.59 bits per heavy atom. The van der Waals surface area contributed by atoms with Gasteiger partial charge in [-0.25, -0.2) is 4.79 Å². The molecule has 11 heteroatoms. The molecule has 0 spiro atoms. The van der Waals surface area contributed by atoms with Crippen molar-refractivity contribution in [2.45, 2.75) is 25.7 Å². The SMILES string of the molecule is CC(C(=O)c1c(N)n(C)c(=O)n(C)c1=O)N1CCN(Cc2ccc(C(F)(F)F)cc2)CC1.